The number of thiazole rings is 1. The Labute approximate surface area is 98.4 Å². The van der Waals surface area contributed by atoms with Gasteiger partial charge in [-0.05, 0) is 15.9 Å². The third-order valence-electron chi connectivity index (χ3n) is 1.59. The Kier molecular flexibility index (Phi) is 3.83. The van der Waals surface area contributed by atoms with Gasteiger partial charge in [-0.25, -0.2) is 4.98 Å². The Morgan fingerprint density at radius 1 is 1.54 bits per heavy atom. The lowest BCUT2D eigenvalue weighted by Gasteiger charge is -2.07. The summed E-state index contributed by atoms with van der Waals surface area (Å²) >= 11 is 9.05. The summed E-state index contributed by atoms with van der Waals surface area (Å²) in [5.41, 5.74) is 0. The zero-order valence-corrected chi connectivity index (χ0v) is 10.9. The van der Waals surface area contributed by atoms with E-state index in [1.807, 2.05) is 28.9 Å². The fourth-order valence-corrected chi connectivity index (χ4v) is 4.85. The lowest BCUT2D eigenvalue weighted by Crippen LogP contribution is -2.10. The second kappa shape index (κ2) is 4.91. The Bertz CT molecular complexity index is 272. The van der Waals surface area contributed by atoms with Crippen molar-refractivity contribution in [3.05, 3.63) is 9.98 Å². The minimum Gasteiger partial charge on any atom is -0.360 e. The Morgan fingerprint density at radius 2 is 2.31 bits per heavy atom. The van der Waals surface area contributed by atoms with Crippen molar-refractivity contribution in [2.45, 2.75) is 4.58 Å². The first kappa shape index (κ1) is 10.1. The molecule has 0 atom stereocenters. The molecule has 2 rings (SSSR count). The summed E-state index contributed by atoms with van der Waals surface area (Å²) in [4.78, 5) is 4.28. The fraction of sp³-hybridized carbons (Fsp3) is 0.571. The highest BCUT2D eigenvalue weighted by Crippen LogP contribution is 2.32. The average molecular weight is 297 g/mol. The van der Waals surface area contributed by atoms with Gasteiger partial charge >= 0.3 is 0 Å². The molecule has 0 aliphatic carbocycles. The predicted molar refractivity (Wildman–Crippen MR) is 67.0 cm³/mol. The number of hydrogen-bond donors (Lipinski definition) is 1. The van der Waals surface area contributed by atoms with Crippen molar-refractivity contribution in [1.29, 1.82) is 0 Å². The van der Waals surface area contributed by atoms with Crippen LogP contribution in [-0.4, -0.2) is 27.6 Å². The van der Waals surface area contributed by atoms with Gasteiger partial charge in [0.1, 0.15) is 4.60 Å². The van der Waals surface area contributed by atoms with Gasteiger partial charge in [0.25, 0.3) is 0 Å². The van der Waals surface area contributed by atoms with Crippen molar-refractivity contribution < 1.29 is 0 Å². The average Bonchev–Trinajstić information content (AvgIpc) is 2.71. The number of nitrogens with zero attached hydrogens (tertiary/aromatic N) is 1. The first-order valence-corrected chi connectivity index (χ1v) is 7.70. The molecule has 0 radical (unpaired) electrons. The molecular formula is C7H9BrN2S3. The maximum Gasteiger partial charge on any atom is 0.183 e. The topological polar surface area (TPSA) is 24.9 Å². The van der Waals surface area contributed by atoms with Gasteiger partial charge in [-0.2, -0.15) is 0 Å². The summed E-state index contributed by atoms with van der Waals surface area (Å²) in [6, 6.07) is 0. The zero-order chi connectivity index (χ0) is 9.10. The second-order valence-corrected chi connectivity index (χ2v) is 7.12. The molecule has 1 aliphatic heterocycles. The third kappa shape index (κ3) is 3.04. The molecule has 1 fully saturated rings. The highest BCUT2D eigenvalue weighted by Gasteiger charge is 2.15. The van der Waals surface area contributed by atoms with E-state index in [1.54, 1.807) is 11.3 Å². The molecule has 1 aromatic rings. The molecular weight excluding hydrogens is 288 g/mol. The van der Waals surface area contributed by atoms with E-state index >= 15 is 0 Å². The summed E-state index contributed by atoms with van der Waals surface area (Å²) in [6.45, 7) is 1.02. The van der Waals surface area contributed by atoms with E-state index in [0.29, 0.717) is 4.58 Å². The highest BCUT2D eigenvalue weighted by atomic mass is 79.9. The van der Waals surface area contributed by atoms with Gasteiger partial charge in [0.2, 0.25) is 0 Å². The quantitative estimate of drug-likeness (QED) is 0.926. The first-order chi connectivity index (χ1) is 6.34. The van der Waals surface area contributed by atoms with E-state index in [0.717, 1.165) is 16.3 Å². The number of halogens is 1. The zero-order valence-electron chi connectivity index (χ0n) is 6.83. The maximum absolute atomic E-state index is 4.28. The van der Waals surface area contributed by atoms with Crippen LogP contribution < -0.4 is 5.32 Å². The summed E-state index contributed by atoms with van der Waals surface area (Å²) in [5, 5.41) is 6.35. The van der Waals surface area contributed by atoms with Gasteiger partial charge in [-0.3, -0.25) is 0 Å². The summed E-state index contributed by atoms with van der Waals surface area (Å²) in [7, 11) is 0. The summed E-state index contributed by atoms with van der Waals surface area (Å²) in [5.74, 6) is 2.58. The van der Waals surface area contributed by atoms with Gasteiger partial charge in [0.15, 0.2) is 5.13 Å². The number of rotatable bonds is 3. The minimum absolute atomic E-state index is 0.711. The van der Waals surface area contributed by atoms with E-state index < -0.39 is 0 Å². The molecule has 1 N–H and O–H groups in total. The SMILES string of the molecule is Brc1csc(NCC2SCCS2)n1. The highest BCUT2D eigenvalue weighted by molar-refractivity contribution is 9.10. The Hall–Kier alpha value is 0.610. The van der Waals surface area contributed by atoms with Crippen molar-refractivity contribution in [2.24, 2.45) is 0 Å². The van der Waals surface area contributed by atoms with E-state index in [-0.39, 0.29) is 0 Å². The van der Waals surface area contributed by atoms with Crippen molar-refractivity contribution in [1.82, 2.24) is 4.98 Å². The van der Waals surface area contributed by atoms with Crippen LogP contribution in [0.2, 0.25) is 0 Å². The largest absolute Gasteiger partial charge is 0.360 e. The van der Waals surface area contributed by atoms with Crippen molar-refractivity contribution in [3.8, 4) is 0 Å². The molecule has 0 aromatic carbocycles. The van der Waals surface area contributed by atoms with Crippen molar-refractivity contribution in [3.63, 3.8) is 0 Å². The molecule has 1 saturated heterocycles. The minimum atomic E-state index is 0.711. The monoisotopic (exact) mass is 296 g/mol. The lowest BCUT2D eigenvalue weighted by atomic mass is 10.7. The molecule has 2 nitrogen and oxygen atoms in total. The van der Waals surface area contributed by atoms with Crippen LogP contribution in [0, 0.1) is 0 Å². The van der Waals surface area contributed by atoms with E-state index in [2.05, 4.69) is 26.2 Å². The van der Waals surface area contributed by atoms with Crippen molar-refractivity contribution >= 4 is 55.9 Å². The molecule has 0 unspecified atom stereocenters. The molecule has 72 valence electrons. The normalized spacial score (nSPS) is 17.9. The maximum atomic E-state index is 4.28. The molecule has 0 spiro atoms. The standard InChI is InChI=1S/C7H9BrN2S3/c8-5-4-13-7(10-5)9-3-6-11-1-2-12-6/h4,6H,1-3H2,(H,9,10). The Balaban J connectivity index is 1.78. The molecule has 1 aliphatic rings. The molecule has 0 bridgehead atoms. The van der Waals surface area contributed by atoms with Gasteiger partial charge < -0.3 is 5.32 Å². The Morgan fingerprint density at radius 3 is 2.92 bits per heavy atom. The van der Waals surface area contributed by atoms with Crippen LogP contribution in [-0.2, 0) is 0 Å². The van der Waals surface area contributed by atoms with Crippen LogP contribution in [0.1, 0.15) is 0 Å². The van der Waals surface area contributed by atoms with Gasteiger partial charge in [0.05, 0.1) is 4.58 Å². The summed E-state index contributed by atoms with van der Waals surface area (Å²) in [6.07, 6.45) is 0. The fourth-order valence-electron chi connectivity index (χ4n) is 1.03. The van der Waals surface area contributed by atoms with Gasteiger partial charge in [0, 0.05) is 23.4 Å². The molecule has 0 saturated carbocycles. The second-order valence-electron chi connectivity index (χ2n) is 2.53. The van der Waals surface area contributed by atoms with Crippen molar-refractivity contribution in [2.75, 3.05) is 23.4 Å². The molecule has 13 heavy (non-hydrogen) atoms. The summed E-state index contributed by atoms with van der Waals surface area (Å²) < 4.78 is 1.63. The van der Waals surface area contributed by atoms with Crippen LogP contribution in [0.4, 0.5) is 5.13 Å². The van der Waals surface area contributed by atoms with Crippen LogP contribution in [0.5, 0.6) is 0 Å². The number of thioether (sulfide) groups is 2. The van der Waals surface area contributed by atoms with Gasteiger partial charge in [-0.1, -0.05) is 0 Å². The molecule has 0 amide bonds. The number of nitrogens with one attached hydrogen (secondary N) is 1. The van der Waals surface area contributed by atoms with Crippen LogP contribution >= 0.6 is 50.8 Å². The van der Waals surface area contributed by atoms with Crippen LogP contribution in [0.15, 0.2) is 9.98 Å². The smallest absolute Gasteiger partial charge is 0.183 e. The number of hydrogen-bond acceptors (Lipinski definition) is 5. The van der Waals surface area contributed by atoms with E-state index in [9.17, 15) is 0 Å². The molecule has 1 aromatic heterocycles. The molecule has 2 heterocycles. The predicted octanol–water partition coefficient (Wildman–Crippen LogP) is 3.12. The van der Waals surface area contributed by atoms with E-state index in [4.69, 9.17) is 0 Å². The first-order valence-electron chi connectivity index (χ1n) is 3.93. The molecule has 6 heteroatoms. The number of aromatic nitrogens is 1. The van der Waals surface area contributed by atoms with Crippen LogP contribution in [0.3, 0.4) is 0 Å². The number of anilines is 1. The lowest BCUT2D eigenvalue weighted by molar-refractivity contribution is 1.16. The van der Waals surface area contributed by atoms with E-state index in [1.165, 1.54) is 11.5 Å². The third-order valence-corrected chi connectivity index (χ3v) is 6.13. The van der Waals surface area contributed by atoms with Gasteiger partial charge in [-0.15, -0.1) is 34.9 Å². The van der Waals surface area contributed by atoms with Crippen LogP contribution in [0.25, 0.3) is 0 Å².